The Labute approximate surface area is 174 Å². The number of aromatic nitrogens is 1. The van der Waals surface area contributed by atoms with Gasteiger partial charge in [0.15, 0.2) is 5.54 Å². The molecule has 0 bridgehead atoms. The molecule has 0 radical (unpaired) electrons. The summed E-state index contributed by atoms with van der Waals surface area (Å²) in [6.07, 6.45) is 1.15. The molecule has 30 heavy (non-hydrogen) atoms. The number of carbonyl (C=O) groups is 1. The zero-order valence-corrected chi connectivity index (χ0v) is 16.3. The SMILES string of the molecule is CC1(c2cc(NC(=O)c3ncc(C#N)cc3Cl)ccc2F)N=C(N)COCC1(F)F. The molecule has 2 aromatic rings. The topological polar surface area (TPSA) is 113 Å². The molecule has 0 saturated carbocycles. The zero-order chi connectivity index (χ0) is 22.1. The average molecular weight is 438 g/mol. The maximum Gasteiger partial charge on any atom is 0.299 e. The molecule has 1 aliphatic rings. The summed E-state index contributed by atoms with van der Waals surface area (Å²) in [4.78, 5) is 20.1. The van der Waals surface area contributed by atoms with Crippen LogP contribution in [-0.4, -0.2) is 35.9 Å². The second-order valence-electron chi connectivity index (χ2n) is 6.69. The van der Waals surface area contributed by atoms with E-state index >= 15 is 0 Å². The predicted molar refractivity (Wildman–Crippen MR) is 103 cm³/mol. The normalized spacial score (nSPS) is 20.6. The molecule has 0 aliphatic carbocycles. The van der Waals surface area contributed by atoms with E-state index in [1.54, 1.807) is 0 Å². The van der Waals surface area contributed by atoms with Crippen LogP contribution in [0.4, 0.5) is 18.9 Å². The number of hydrogen-bond donors (Lipinski definition) is 2. The summed E-state index contributed by atoms with van der Waals surface area (Å²) >= 11 is 5.96. The number of benzene rings is 1. The number of nitrogens with two attached hydrogens (primary N) is 1. The van der Waals surface area contributed by atoms with Crippen LogP contribution in [0.1, 0.15) is 28.5 Å². The summed E-state index contributed by atoms with van der Waals surface area (Å²) in [5.41, 5.74) is 2.75. The molecule has 156 valence electrons. The van der Waals surface area contributed by atoms with Gasteiger partial charge in [0.2, 0.25) is 0 Å². The first-order valence-electron chi connectivity index (χ1n) is 8.54. The van der Waals surface area contributed by atoms with Crippen molar-refractivity contribution in [1.82, 2.24) is 4.98 Å². The van der Waals surface area contributed by atoms with Crippen LogP contribution in [0.25, 0.3) is 0 Å². The third-order valence-electron chi connectivity index (χ3n) is 4.55. The van der Waals surface area contributed by atoms with E-state index in [-0.39, 0.29) is 34.4 Å². The van der Waals surface area contributed by atoms with Gasteiger partial charge in [-0.25, -0.2) is 18.2 Å². The molecule has 2 heterocycles. The van der Waals surface area contributed by atoms with Crippen molar-refractivity contribution in [2.45, 2.75) is 18.4 Å². The van der Waals surface area contributed by atoms with Gasteiger partial charge in [-0.05, 0) is 31.2 Å². The van der Waals surface area contributed by atoms with Crippen LogP contribution >= 0.6 is 11.6 Å². The van der Waals surface area contributed by atoms with E-state index < -0.39 is 35.4 Å². The third-order valence-corrected chi connectivity index (χ3v) is 4.83. The van der Waals surface area contributed by atoms with Gasteiger partial charge in [0, 0.05) is 17.4 Å². The Morgan fingerprint density at radius 2 is 2.13 bits per heavy atom. The molecule has 11 heteroatoms. The summed E-state index contributed by atoms with van der Waals surface area (Å²) in [5.74, 6) is -5.51. The standard InChI is InChI=1S/C19H15ClF3N5O2/c1-18(19(22,23)9-30-8-15(25)28-18)12-5-11(2-3-14(12)21)27-17(29)16-13(20)4-10(6-24)7-26-16/h2-5,7H,8-9H2,1H3,(H2,25,28)(H,27,29). The van der Waals surface area contributed by atoms with Crippen molar-refractivity contribution < 1.29 is 22.7 Å². The molecule has 1 unspecified atom stereocenters. The van der Waals surface area contributed by atoms with Gasteiger partial charge in [0.25, 0.3) is 11.8 Å². The molecule has 1 aromatic carbocycles. The number of rotatable bonds is 3. The highest BCUT2D eigenvalue weighted by Crippen LogP contribution is 2.44. The number of nitriles is 1. The Balaban J connectivity index is 1.99. The molecule has 0 fully saturated rings. The summed E-state index contributed by atoms with van der Waals surface area (Å²) in [7, 11) is 0. The van der Waals surface area contributed by atoms with E-state index in [1.165, 1.54) is 12.1 Å². The molecule has 0 saturated heterocycles. The van der Waals surface area contributed by atoms with E-state index in [0.717, 1.165) is 25.3 Å². The molecule has 3 N–H and O–H groups in total. The fourth-order valence-electron chi connectivity index (χ4n) is 2.92. The number of pyridine rings is 1. The molecule has 3 rings (SSSR count). The van der Waals surface area contributed by atoms with Gasteiger partial charge >= 0.3 is 0 Å². The van der Waals surface area contributed by atoms with Crippen molar-refractivity contribution in [2.75, 3.05) is 18.5 Å². The highest BCUT2D eigenvalue weighted by atomic mass is 35.5. The first kappa shape index (κ1) is 21.5. The molecular formula is C19H15ClF3N5O2. The Hall–Kier alpha value is -3.16. The molecular weight excluding hydrogens is 423 g/mol. The number of nitrogens with zero attached hydrogens (tertiary/aromatic N) is 3. The average Bonchev–Trinajstić information content (AvgIpc) is 2.78. The minimum absolute atomic E-state index is 0.00888. The van der Waals surface area contributed by atoms with E-state index in [1.807, 2.05) is 6.07 Å². The number of alkyl halides is 2. The number of carbonyl (C=O) groups excluding carboxylic acids is 1. The highest BCUT2D eigenvalue weighted by molar-refractivity contribution is 6.34. The lowest BCUT2D eigenvalue weighted by Gasteiger charge is -2.33. The number of ether oxygens (including phenoxy) is 1. The number of anilines is 1. The summed E-state index contributed by atoms with van der Waals surface area (Å²) in [6, 6.07) is 6.25. The van der Waals surface area contributed by atoms with Crippen molar-refractivity contribution in [3.63, 3.8) is 0 Å². The maximum atomic E-state index is 14.7. The summed E-state index contributed by atoms with van der Waals surface area (Å²) in [6.45, 7) is -0.280. The Kier molecular flexibility index (Phi) is 5.70. The fourth-order valence-corrected chi connectivity index (χ4v) is 3.17. The molecule has 1 amide bonds. The molecule has 1 aliphatic heterocycles. The lowest BCUT2D eigenvalue weighted by Crippen LogP contribution is -2.45. The van der Waals surface area contributed by atoms with Gasteiger partial charge in [-0.15, -0.1) is 0 Å². The van der Waals surface area contributed by atoms with Gasteiger partial charge in [-0.2, -0.15) is 5.26 Å². The highest BCUT2D eigenvalue weighted by Gasteiger charge is 2.54. The van der Waals surface area contributed by atoms with Gasteiger partial charge in [-0.1, -0.05) is 11.6 Å². The van der Waals surface area contributed by atoms with Crippen molar-refractivity contribution in [3.05, 3.63) is 58.1 Å². The lowest BCUT2D eigenvalue weighted by atomic mass is 9.85. The van der Waals surface area contributed by atoms with Crippen molar-refractivity contribution in [3.8, 4) is 6.07 Å². The van der Waals surface area contributed by atoms with Crippen molar-refractivity contribution in [2.24, 2.45) is 10.7 Å². The van der Waals surface area contributed by atoms with Gasteiger partial charge < -0.3 is 15.8 Å². The van der Waals surface area contributed by atoms with Crippen molar-refractivity contribution in [1.29, 1.82) is 5.26 Å². The van der Waals surface area contributed by atoms with Crippen LogP contribution in [0.3, 0.4) is 0 Å². The third kappa shape index (κ3) is 3.94. The maximum absolute atomic E-state index is 14.7. The number of hydrogen-bond acceptors (Lipinski definition) is 6. The van der Waals surface area contributed by atoms with Crippen molar-refractivity contribution >= 4 is 29.0 Å². The first-order valence-corrected chi connectivity index (χ1v) is 8.92. The summed E-state index contributed by atoms with van der Waals surface area (Å²) in [5, 5.41) is 11.2. The van der Waals surface area contributed by atoms with Gasteiger partial charge in [0.1, 0.15) is 36.6 Å². The molecule has 0 spiro atoms. The van der Waals surface area contributed by atoms with Crippen LogP contribution in [0.2, 0.25) is 5.02 Å². The van der Waals surface area contributed by atoms with Crippen LogP contribution in [0, 0.1) is 17.1 Å². The Morgan fingerprint density at radius 1 is 1.40 bits per heavy atom. The lowest BCUT2D eigenvalue weighted by molar-refractivity contribution is -0.116. The molecule has 1 aromatic heterocycles. The zero-order valence-electron chi connectivity index (χ0n) is 15.5. The predicted octanol–water partition coefficient (Wildman–Crippen LogP) is 3.24. The van der Waals surface area contributed by atoms with E-state index in [0.29, 0.717) is 0 Å². The minimum Gasteiger partial charge on any atom is -0.385 e. The summed E-state index contributed by atoms with van der Waals surface area (Å²) < 4.78 is 48.8. The van der Waals surface area contributed by atoms with Crippen LogP contribution in [-0.2, 0) is 10.3 Å². The number of nitrogens with one attached hydrogen (secondary N) is 1. The van der Waals surface area contributed by atoms with Crippen LogP contribution in [0.5, 0.6) is 0 Å². The van der Waals surface area contributed by atoms with Gasteiger partial charge in [0.05, 0.1) is 10.6 Å². The largest absolute Gasteiger partial charge is 0.385 e. The van der Waals surface area contributed by atoms with Gasteiger partial charge in [-0.3, -0.25) is 9.79 Å². The number of amidine groups is 1. The molecule has 1 atom stereocenters. The minimum atomic E-state index is -3.57. The quantitative estimate of drug-likeness (QED) is 0.765. The van der Waals surface area contributed by atoms with E-state index in [9.17, 15) is 18.0 Å². The Bertz CT molecular complexity index is 1090. The first-order chi connectivity index (χ1) is 14.1. The van der Waals surface area contributed by atoms with E-state index in [4.69, 9.17) is 27.3 Å². The second kappa shape index (κ2) is 7.93. The fraction of sp³-hybridized carbons (Fsp3) is 0.263. The number of halogens is 4. The second-order valence-corrected chi connectivity index (χ2v) is 7.09. The number of aliphatic imine (C=N–C) groups is 1. The van der Waals surface area contributed by atoms with Crippen LogP contribution < -0.4 is 11.1 Å². The number of amides is 1. The van der Waals surface area contributed by atoms with Crippen LogP contribution in [0.15, 0.2) is 35.5 Å². The smallest absolute Gasteiger partial charge is 0.299 e. The monoisotopic (exact) mass is 437 g/mol. The Morgan fingerprint density at radius 3 is 2.80 bits per heavy atom. The van der Waals surface area contributed by atoms with E-state index in [2.05, 4.69) is 15.3 Å². The molecule has 7 nitrogen and oxygen atoms in total.